The Bertz CT molecular complexity index is 498. The largest absolute Gasteiger partial charge is 0.393 e. The van der Waals surface area contributed by atoms with Gasteiger partial charge in [-0.25, -0.2) is 12.7 Å². The third-order valence-corrected chi connectivity index (χ3v) is 5.42. The van der Waals surface area contributed by atoms with Crippen molar-refractivity contribution in [2.45, 2.75) is 25.4 Å². The van der Waals surface area contributed by atoms with Gasteiger partial charge in [-0.1, -0.05) is 0 Å². The smallest absolute Gasteiger partial charge is 0.214 e. The van der Waals surface area contributed by atoms with E-state index in [1.165, 1.54) is 4.31 Å². The number of sulfonamides is 1. The molecule has 2 rings (SSSR count). The molecule has 0 bridgehead atoms. The van der Waals surface area contributed by atoms with E-state index in [2.05, 4.69) is 4.98 Å². The van der Waals surface area contributed by atoms with Crippen molar-refractivity contribution in [2.24, 2.45) is 5.92 Å². The van der Waals surface area contributed by atoms with Crippen LogP contribution < -0.4 is 0 Å². The van der Waals surface area contributed by atoms with E-state index < -0.39 is 10.0 Å². The predicted molar refractivity (Wildman–Crippen MR) is 73.1 cm³/mol. The summed E-state index contributed by atoms with van der Waals surface area (Å²) in [7, 11) is -1.60. The van der Waals surface area contributed by atoms with Crippen LogP contribution in [0.15, 0.2) is 24.5 Å². The number of pyridine rings is 1. The maximum Gasteiger partial charge on any atom is 0.214 e. The molecule has 1 aromatic heterocycles. The van der Waals surface area contributed by atoms with E-state index in [0.717, 1.165) is 5.56 Å². The topological polar surface area (TPSA) is 70.5 Å². The lowest BCUT2D eigenvalue weighted by Crippen LogP contribution is -2.40. The molecule has 0 radical (unpaired) electrons. The summed E-state index contributed by atoms with van der Waals surface area (Å²) in [5.41, 5.74) is 0.978. The maximum atomic E-state index is 12.1. The Kier molecular flexibility index (Phi) is 4.54. The molecule has 1 aliphatic carbocycles. The Morgan fingerprint density at radius 3 is 2.58 bits per heavy atom. The van der Waals surface area contributed by atoms with Gasteiger partial charge in [0.15, 0.2) is 0 Å². The minimum absolute atomic E-state index is 0.114. The molecule has 0 aromatic carbocycles. The molecule has 1 fully saturated rings. The number of aliphatic hydroxyl groups is 1. The van der Waals surface area contributed by atoms with Crippen molar-refractivity contribution < 1.29 is 13.5 Å². The normalized spacial score (nSPS) is 23.3. The van der Waals surface area contributed by atoms with Gasteiger partial charge in [0, 0.05) is 26.0 Å². The number of hydrogen-bond donors (Lipinski definition) is 1. The summed E-state index contributed by atoms with van der Waals surface area (Å²) in [5, 5.41) is 9.21. The summed E-state index contributed by atoms with van der Waals surface area (Å²) >= 11 is 0. The monoisotopic (exact) mass is 284 g/mol. The van der Waals surface area contributed by atoms with Gasteiger partial charge in [0.2, 0.25) is 10.0 Å². The average molecular weight is 284 g/mol. The van der Waals surface area contributed by atoms with Crippen LogP contribution in [0.2, 0.25) is 0 Å². The lowest BCUT2D eigenvalue weighted by molar-refractivity contribution is 0.0367. The molecule has 6 heteroatoms. The summed E-state index contributed by atoms with van der Waals surface area (Å²) in [6.45, 7) is 0.510. The molecule has 1 heterocycles. The zero-order valence-corrected chi connectivity index (χ0v) is 11.9. The Morgan fingerprint density at radius 1 is 1.37 bits per heavy atom. The number of nitrogens with zero attached hydrogens (tertiary/aromatic N) is 2. The molecule has 0 atom stereocenters. The van der Waals surface area contributed by atoms with Gasteiger partial charge in [0.05, 0.1) is 11.9 Å². The number of hydrogen-bond acceptors (Lipinski definition) is 4. The Hall–Kier alpha value is -0.980. The molecule has 5 nitrogen and oxygen atoms in total. The van der Waals surface area contributed by atoms with Crippen molar-refractivity contribution >= 4 is 10.0 Å². The van der Waals surface area contributed by atoms with Gasteiger partial charge in [-0.15, -0.1) is 0 Å². The molecule has 0 aliphatic heterocycles. The molecule has 19 heavy (non-hydrogen) atoms. The van der Waals surface area contributed by atoms with Crippen LogP contribution >= 0.6 is 0 Å². The molecule has 0 saturated heterocycles. The molecule has 0 spiro atoms. The molecule has 1 aliphatic rings. The summed E-state index contributed by atoms with van der Waals surface area (Å²) in [5.74, 6) is 0.415. The van der Waals surface area contributed by atoms with Gasteiger partial charge in [-0.05, 0) is 42.9 Å². The average Bonchev–Trinajstić information content (AvgIpc) is 2.36. The quantitative estimate of drug-likeness (QED) is 0.833. The van der Waals surface area contributed by atoms with Crippen molar-refractivity contribution in [1.82, 2.24) is 9.29 Å². The predicted octanol–water partition coefficient (Wildman–Crippen LogP) is 0.657. The summed E-state index contributed by atoms with van der Waals surface area (Å²) in [6.07, 6.45) is 5.03. The van der Waals surface area contributed by atoms with E-state index in [9.17, 15) is 13.5 Å². The van der Waals surface area contributed by atoms with Crippen LogP contribution in [-0.4, -0.2) is 48.3 Å². The molecule has 1 saturated carbocycles. The van der Waals surface area contributed by atoms with Crippen LogP contribution in [0.1, 0.15) is 18.4 Å². The Labute approximate surface area is 114 Å². The lowest BCUT2D eigenvalue weighted by atomic mass is 9.82. The van der Waals surface area contributed by atoms with Gasteiger partial charge >= 0.3 is 0 Å². The molecule has 1 N–H and O–H groups in total. The molecule has 0 unspecified atom stereocenters. The van der Waals surface area contributed by atoms with Crippen LogP contribution in [0.4, 0.5) is 0 Å². The minimum Gasteiger partial charge on any atom is -0.393 e. The summed E-state index contributed by atoms with van der Waals surface area (Å²) in [4.78, 5) is 3.91. The van der Waals surface area contributed by atoms with Crippen LogP contribution in [0.3, 0.4) is 0 Å². The number of aliphatic hydroxyl groups excluding tert-OH is 1. The minimum atomic E-state index is -3.22. The van der Waals surface area contributed by atoms with Gasteiger partial charge in [-0.3, -0.25) is 4.98 Å². The van der Waals surface area contributed by atoms with Crippen molar-refractivity contribution in [2.75, 3.05) is 19.3 Å². The molecule has 1 aromatic rings. The zero-order valence-electron chi connectivity index (χ0n) is 11.1. The van der Waals surface area contributed by atoms with Crippen LogP contribution in [-0.2, 0) is 16.4 Å². The first kappa shape index (κ1) is 14.4. The van der Waals surface area contributed by atoms with E-state index in [1.807, 2.05) is 12.1 Å². The summed E-state index contributed by atoms with van der Waals surface area (Å²) in [6, 6.07) is 3.66. The van der Waals surface area contributed by atoms with Crippen molar-refractivity contribution in [3.8, 4) is 0 Å². The second-order valence-electron chi connectivity index (χ2n) is 5.19. The highest BCUT2D eigenvalue weighted by atomic mass is 32.2. The summed E-state index contributed by atoms with van der Waals surface area (Å²) < 4.78 is 25.6. The second-order valence-corrected chi connectivity index (χ2v) is 7.39. The SMILES string of the molecule is CN(CC1CC(O)C1)S(=O)(=O)CCc1ccncc1. The standard InChI is InChI=1S/C13H20N2O3S/c1-15(10-12-8-13(16)9-12)19(17,18)7-4-11-2-5-14-6-3-11/h2-3,5-6,12-13,16H,4,7-10H2,1H3. The first-order valence-electron chi connectivity index (χ1n) is 6.48. The first-order chi connectivity index (χ1) is 8.97. The van der Waals surface area contributed by atoms with E-state index in [-0.39, 0.29) is 11.9 Å². The zero-order chi connectivity index (χ0) is 13.9. The number of aryl methyl sites for hydroxylation is 1. The van der Waals surface area contributed by atoms with Gasteiger partial charge < -0.3 is 5.11 Å². The number of rotatable bonds is 6. The van der Waals surface area contributed by atoms with E-state index in [1.54, 1.807) is 19.4 Å². The third kappa shape index (κ3) is 3.99. The highest BCUT2D eigenvalue weighted by molar-refractivity contribution is 7.89. The van der Waals surface area contributed by atoms with Gasteiger partial charge in [0.25, 0.3) is 0 Å². The van der Waals surface area contributed by atoms with E-state index in [0.29, 0.717) is 31.7 Å². The van der Waals surface area contributed by atoms with Crippen LogP contribution in [0, 0.1) is 5.92 Å². The number of aromatic nitrogens is 1. The van der Waals surface area contributed by atoms with Crippen LogP contribution in [0.5, 0.6) is 0 Å². The van der Waals surface area contributed by atoms with E-state index >= 15 is 0 Å². The Balaban J connectivity index is 1.84. The molecular formula is C13H20N2O3S. The highest BCUT2D eigenvalue weighted by Gasteiger charge is 2.30. The maximum absolute atomic E-state index is 12.1. The fourth-order valence-corrected chi connectivity index (χ4v) is 3.52. The molecule has 106 valence electrons. The van der Waals surface area contributed by atoms with Crippen molar-refractivity contribution in [3.05, 3.63) is 30.1 Å². The lowest BCUT2D eigenvalue weighted by Gasteiger charge is -2.34. The highest BCUT2D eigenvalue weighted by Crippen LogP contribution is 2.28. The van der Waals surface area contributed by atoms with E-state index in [4.69, 9.17) is 0 Å². The Morgan fingerprint density at radius 2 is 2.00 bits per heavy atom. The fraction of sp³-hybridized carbons (Fsp3) is 0.615. The van der Waals surface area contributed by atoms with Crippen LogP contribution in [0.25, 0.3) is 0 Å². The molecule has 0 amide bonds. The first-order valence-corrected chi connectivity index (χ1v) is 8.09. The second kappa shape index (κ2) is 5.98. The fourth-order valence-electron chi connectivity index (χ4n) is 2.28. The van der Waals surface area contributed by atoms with Crippen molar-refractivity contribution in [3.63, 3.8) is 0 Å². The van der Waals surface area contributed by atoms with Gasteiger partial charge in [0.1, 0.15) is 0 Å². The molecular weight excluding hydrogens is 264 g/mol. The van der Waals surface area contributed by atoms with Gasteiger partial charge in [-0.2, -0.15) is 0 Å². The third-order valence-electron chi connectivity index (χ3n) is 3.60. The van der Waals surface area contributed by atoms with Crippen molar-refractivity contribution in [1.29, 1.82) is 0 Å².